The third-order valence-corrected chi connectivity index (χ3v) is 19.7. The zero-order valence-corrected chi connectivity index (χ0v) is 54.7. The number of carbonyl (C=O) groups is 8. The van der Waals surface area contributed by atoms with Gasteiger partial charge in [-0.15, -0.1) is 0 Å². The highest BCUT2D eigenvalue weighted by Crippen LogP contribution is 2.31. The van der Waals surface area contributed by atoms with Crippen LogP contribution in [0.15, 0.2) is 146 Å². The van der Waals surface area contributed by atoms with Crippen LogP contribution in [0.3, 0.4) is 0 Å². The lowest BCUT2D eigenvalue weighted by Crippen LogP contribution is -2.57. The van der Waals surface area contributed by atoms with E-state index in [4.69, 9.17) is 21.4 Å². The molecule has 2 saturated heterocycles. The van der Waals surface area contributed by atoms with Gasteiger partial charge in [-0.2, -0.15) is 0 Å². The van der Waals surface area contributed by atoms with E-state index >= 15 is 9.59 Å². The van der Waals surface area contributed by atoms with Gasteiger partial charge in [0.25, 0.3) is 11.8 Å². The summed E-state index contributed by atoms with van der Waals surface area (Å²) in [6.07, 6.45) is 3.81. The second kappa shape index (κ2) is 32.7. The molecule has 8 amide bonds. The highest BCUT2D eigenvalue weighted by molar-refractivity contribution is 8.76. The smallest absolute Gasteiger partial charge is 0.253 e. The van der Waals surface area contributed by atoms with Crippen LogP contribution in [0.1, 0.15) is 95.6 Å². The van der Waals surface area contributed by atoms with Crippen LogP contribution in [0.5, 0.6) is 0 Å². The molecule has 2 aromatic heterocycles. The standard InChI is InChI=1S/C72H82N12O8S2/c1-3-55-53(39-51-37-47-23-11-13-25-49(47)41-57(51)77-55)65(85)81-61(71(91)83-33-15-27-63(83)69(89)79-59(67(87)75-31-17-29-73)35-45-19-7-5-8-20-45)43-93-94-44-62(82-66(86)54-40-52-38-48-24-12-14-26-50(48)42-58(52)78-56(54)4-2)72(92)84-34-16-28-64(84)70(90)80-60(68(88)76-32-18-30-74)36-46-21-9-6-10-22-46/h5-14,19-26,37-42,59-64H,3-4,15-18,27-36,43-44,73-74H2,1-2H3,(H,75,87)(H,76,88)(H,79,89)(H,80,90)(H,81,85)(H,82,86)/t59-,60-,61-,62-,63-,64-/m0/s1. The number of nitrogens with zero attached hydrogens (tertiary/aromatic N) is 4. The van der Waals surface area contributed by atoms with Gasteiger partial charge in [0, 0.05) is 61.3 Å². The van der Waals surface area contributed by atoms with Gasteiger partial charge in [-0.1, -0.05) is 145 Å². The van der Waals surface area contributed by atoms with E-state index in [0.29, 0.717) is 100.0 Å². The summed E-state index contributed by atoms with van der Waals surface area (Å²) in [4.78, 5) is 130. The minimum Gasteiger partial charge on any atom is -0.354 e. The first kappa shape index (κ1) is 67.9. The van der Waals surface area contributed by atoms with Crippen molar-refractivity contribution in [2.24, 2.45) is 11.5 Å². The SMILES string of the molecule is CCc1nc2cc3ccccc3cc2cc1C(=O)N[C@@H](CSSC[C@H](NC(=O)c1cc2cc3ccccc3cc2nc1CC)C(=O)N1CCC[C@H]1C(=O)N[C@@H](Cc1ccccc1)C(=O)NCCCN)C(=O)N1CCC[C@H]1C(=O)N[C@@H](Cc1ccccc1)C(=O)NCCCN. The van der Waals surface area contributed by atoms with Crippen molar-refractivity contribution >= 4 is 112 Å². The summed E-state index contributed by atoms with van der Waals surface area (Å²) >= 11 is 0. The lowest BCUT2D eigenvalue weighted by Gasteiger charge is -2.30. The van der Waals surface area contributed by atoms with Crippen LogP contribution in [-0.2, 0) is 54.5 Å². The molecule has 8 aromatic rings. The van der Waals surface area contributed by atoms with Crippen molar-refractivity contribution in [3.8, 4) is 0 Å². The minimum absolute atomic E-state index is 0.0599. The van der Waals surface area contributed by atoms with E-state index in [2.05, 4.69) is 31.9 Å². The summed E-state index contributed by atoms with van der Waals surface area (Å²) in [7, 11) is 2.39. The molecule has 4 heterocycles. The van der Waals surface area contributed by atoms with Crippen LogP contribution in [0, 0.1) is 0 Å². The van der Waals surface area contributed by atoms with E-state index in [9.17, 15) is 28.8 Å². The Hall–Kier alpha value is -8.96. The lowest BCUT2D eigenvalue weighted by molar-refractivity contribution is -0.140. The number of benzene rings is 6. The second-order valence-corrected chi connectivity index (χ2v) is 26.4. The fourth-order valence-electron chi connectivity index (χ4n) is 12.3. The van der Waals surface area contributed by atoms with Crippen molar-refractivity contribution in [2.45, 2.75) is 114 Å². The number of rotatable bonds is 29. The largest absolute Gasteiger partial charge is 0.354 e. The molecule has 20 nitrogen and oxygen atoms in total. The number of aromatic nitrogens is 2. The molecule has 0 bridgehead atoms. The van der Waals surface area contributed by atoms with E-state index < -0.39 is 71.7 Å². The van der Waals surface area contributed by atoms with E-state index in [1.165, 1.54) is 31.4 Å². The fraction of sp³-hybridized carbons (Fsp3) is 0.361. The number of nitrogens with one attached hydrogen (secondary N) is 6. The molecular weight excluding hydrogens is 1230 g/mol. The molecule has 2 fully saturated rings. The molecule has 0 saturated carbocycles. The van der Waals surface area contributed by atoms with Crippen molar-refractivity contribution in [3.05, 3.63) is 179 Å². The number of likely N-dealkylation sites (tertiary alicyclic amines) is 2. The highest BCUT2D eigenvalue weighted by Gasteiger charge is 2.42. The Balaban J connectivity index is 0.932. The Labute approximate surface area is 555 Å². The molecule has 10 rings (SSSR count). The predicted molar refractivity (Wildman–Crippen MR) is 372 cm³/mol. The number of carbonyl (C=O) groups excluding carboxylic acids is 8. The van der Waals surface area contributed by atoms with Crippen molar-refractivity contribution in [2.75, 3.05) is 50.8 Å². The second-order valence-electron chi connectivity index (χ2n) is 23.8. The summed E-state index contributed by atoms with van der Waals surface area (Å²) in [5.74, 6) is -4.10. The number of fused-ring (bicyclic) bond motifs is 4. The predicted octanol–water partition coefficient (Wildman–Crippen LogP) is 6.86. The van der Waals surface area contributed by atoms with Crippen LogP contribution in [0.25, 0.3) is 43.4 Å². The average Bonchev–Trinajstić information content (AvgIpc) is 0.988. The van der Waals surface area contributed by atoms with Gasteiger partial charge in [-0.25, -0.2) is 0 Å². The number of amides is 8. The van der Waals surface area contributed by atoms with Gasteiger partial charge in [-0.05, 0) is 134 Å². The monoisotopic (exact) mass is 1310 g/mol. The van der Waals surface area contributed by atoms with Crippen molar-refractivity contribution in [3.63, 3.8) is 0 Å². The molecule has 6 atom stereocenters. The lowest BCUT2D eigenvalue weighted by atomic mass is 10.0. The topological polar surface area (TPSA) is 293 Å². The Morgan fingerprint density at radius 2 is 0.851 bits per heavy atom. The number of pyridine rings is 2. The van der Waals surface area contributed by atoms with Gasteiger partial charge in [0.2, 0.25) is 35.4 Å². The Morgan fingerprint density at radius 1 is 0.479 bits per heavy atom. The van der Waals surface area contributed by atoms with E-state index in [-0.39, 0.29) is 60.4 Å². The minimum atomic E-state index is -1.24. The number of hydrogen-bond acceptors (Lipinski definition) is 14. The molecule has 6 aromatic carbocycles. The Morgan fingerprint density at radius 3 is 1.22 bits per heavy atom. The van der Waals surface area contributed by atoms with Crippen molar-refractivity contribution in [1.82, 2.24) is 51.7 Å². The van der Waals surface area contributed by atoms with Crippen LogP contribution in [0.2, 0.25) is 0 Å². The number of nitrogens with two attached hydrogens (primary N) is 2. The molecule has 0 spiro atoms. The van der Waals surface area contributed by atoms with Crippen LogP contribution in [0.4, 0.5) is 0 Å². The molecule has 490 valence electrons. The zero-order valence-electron chi connectivity index (χ0n) is 53.1. The maximum atomic E-state index is 15.4. The molecule has 0 aliphatic carbocycles. The molecule has 2 aliphatic heterocycles. The zero-order chi connectivity index (χ0) is 66.1. The van der Waals surface area contributed by atoms with Crippen LogP contribution >= 0.6 is 21.6 Å². The molecule has 0 unspecified atom stereocenters. The van der Waals surface area contributed by atoms with Gasteiger partial charge in [0.1, 0.15) is 36.3 Å². The maximum absolute atomic E-state index is 15.4. The first-order valence-electron chi connectivity index (χ1n) is 32.5. The molecule has 94 heavy (non-hydrogen) atoms. The quantitative estimate of drug-likeness (QED) is 0.0135. The summed E-state index contributed by atoms with van der Waals surface area (Å²) in [6.45, 7) is 5.55. The van der Waals surface area contributed by atoms with E-state index in [0.717, 1.165) is 43.4 Å². The molecular formula is C72H82N12O8S2. The molecule has 2 aliphatic rings. The maximum Gasteiger partial charge on any atom is 0.253 e. The normalized spacial score (nSPS) is 15.9. The first-order chi connectivity index (χ1) is 45.7. The van der Waals surface area contributed by atoms with Crippen molar-refractivity contribution in [1.29, 1.82) is 0 Å². The van der Waals surface area contributed by atoms with E-state index in [1.54, 1.807) is 12.1 Å². The summed E-state index contributed by atoms with van der Waals surface area (Å²) < 4.78 is 0. The van der Waals surface area contributed by atoms with Crippen molar-refractivity contribution < 1.29 is 38.4 Å². The Kier molecular flexibility index (Phi) is 23.7. The number of hydrogen-bond donors (Lipinski definition) is 8. The van der Waals surface area contributed by atoms with Gasteiger partial charge >= 0.3 is 0 Å². The summed E-state index contributed by atoms with van der Waals surface area (Å²) in [6, 6.07) is 39.5. The van der Waals surface area contributed by atoms with E-state index in [1.807, 2.05) is 147 Å². The summed E-state index contributed by atoms with van der Waals surface area (Å²) in [5, 5.41) is 23.1. The number of aryl methyl sites for hydroxylation is 2. The molecule has 22 heteroatoms. The van der Waals surface area contributed by atoms with Crippen LogP contribution < -0.4 is 43.4 Å². The van der Waals surface area contributed by atoms with Gasteiger partial charge in [0.05, 0.1) is 33.5 Å². The van der Waals surface area contributed by atoms with Gasteiger partial charge in [0.15, 0.2) is 0 Å². The molecule has 0 radical (unpaired) electrons. The third-order valence-electron chi connectivity index (χ3n) is 17.3. The van der Waals surface area contributed by atoms with Gasteiger partial charge < -0.3 is 53.2 Å². The fourth-order valence-corrected chi connectivity index (χ4v) is 14.6. The molecule has 10 N–H and O–H groups in total. The third kappa shape index (κ3) is 16.9. The van der Waals surface area contributed by atoms with Gasteiger partial charge in [-0.3, -0.25) is 48.3 Å². The highest BCUT2D eigenvalue weighted by atomic mass is 33.1. The summed E-state index contributed by atoms with van der Waals surface area (Å²) in [5.41, 5.74) is 16.1. The first-order valence-corrected chi connectivity index (χ1v) is 35.0. The van der Waals surface area contributed by atoms with Crippen LogP contribution in [-0.4, -0.2) is 154 Å². The Bertz CT molecular complexity index is 3790. The average molecular weight is 1310 g/mol.